The van der Waals surface area contributed by atoms with E-state index >= 15 is 0 Å². The van der Waals surface area contributed by atoms with Crippen molar-refractivity contribution in [2.75, 3.05) is 28.4 Å². The number of ether oxygens (including phenoxy) is 4. The SMILES string of the molecule is COc1cc(OC)c2ccc3ccccc3c2c1C#N.COc1cc(OC)c2ccc3ccccc3c2c1C#N. The highest BCUT2D eigenvalue weighted by Crippen LogP contribution is 2.40. The standard InChI is InChI=1S/2C17H13NO2/c2*1-19-15-9-16(20-2)14(10-18)17-12-6-4-3-5-11(12)7-8-13(15)17/h2*3-9H,1-2H3. The highest BCUT2D eigenvalue weighted by Gasteiger charge is 2.16. The van der Waals surface area contributed by atoms with Gasteiger partial charge in [-0.1, -0.05) is 60.7 Å². The van der Waals surface area contributed by atoms with Crippen LogP contribution in [0.25, 0.3) is 43.1 Å². The van der Waals surface area contributed by atoms with E-state index in [0.29, 0.717) is 34.1 Å². The number of benzene rings is 6. The molecule has 0 aromatic heterocycles. The summed E-state index contributed by atoms with van der Waals surface area (Å²) in [6.45, 7) is 0. The van der Waals surface area contributed by atoms with Crippen molar-refractivity contribution in [1.29, 1.82) is 10.5 Å². The quantitative estimate of drug-likeness (QED) is 0.218. The zero-order chi connectivity index (χ0) is 28.2. The molecule has 0 radical (unpaired) electrons. The van der Waals surface area contributed by atoms with E-state index in [0.717, 1.165) is 43.1 Å². The van der Waals surface area contributed by atoms with Gasteiger partial charge in [0, 0.05) is 33.7 Å². The topological polar surface area (TPSA) is 84.5 Å². The molecule has 0 spiro atoms. The molecule has 0 atom stereocenters. The van der Waals surface area contributed by atoms with Gasteiger partial charge < -0.3 is 18.9 Å². The summed E-state index contributed by atoms with van der Waals surface area (Å²) in [5.74, 6) is 2.49. The van der Waals surface area contributed by atoms with E-state index in [1.54, 1.807) is 40.6 Å². The molecule has 0 aliphatic rings. The minimum Gasteiger partial charge on any atom is -0.496 e. The van der Waals surface area contributed by atoms with Gasteiger partial charge in [-0.3, -0.25) is 0 Å². The third-order valence-corrected chi connectivity index (χ3v) is 7.01. The van der Waals surface area contributed by atoms with Gasteiger partial charge >= 0.3 is 0 Å². The van der Waals surface area contributed by atoms with Gasteiger partial charge in [-0.2, -0.15) is 10.5 Å². The molecule has 6 rings (SSSR count). The van der Waals surface area contributed by atoms with Crippen LogP contribution in [0, 0.1) is 22.7 Å². The maximum atomic E-state index is 9.50. The summed E-state index contributed by atoms with van der Waals surface area (Å²) in [5.41, 5.74) is 1.08. The first-order valence-corrected chi connectivity index (χ1v) is 12.5. The zero-order valence-electron chi connectivity index (χ0n) is 22.6. The number of hydrogen-bond donors (Lipinski definition) is 0. The van der Waals surface area contributed by atoms with Crippen LogP contribution >= 0.6 is 0 Å². The van der Waals surface area contributed by atoms with Gasteiger partial charge in [-0.05, 0) is 33.7 Å². The second-order valence-corrected chi connectivity index (χ2v) is 8.95. The van der Waals surface area contributed by atoms with Gasteiger partial charge in [0.1, 0.15) is 46.3 Å². The van der Waals surface area contributed by atoms with Gasteiger partial charge in [0.15, 0.2) is 0 Å². The van der Waals surface area contributed by atoms with Gasteiger partial charge in [-0.15, -0.1) is 0 Å². The average Bonchev–Trinajstić information content (AvgIpc) is 3.02. The molecular weight excluding hydrogens is 500 g/mol. The van der Waals surface area contributed by atoms with Crippen molar-refractivity contribution in [3.8, 4) is 35.1 Å². The van der Waals surface area contributed by atoms with Crippen molar-refractivity contribution >= 4 is 43.1 Å². The molecule has 6 nitrogen and oxygen atoms in total. The molecule has 6 heteroatoms. The fraction of sp³-hybridized carbons (Fsp3) is 0.118. The number of methoxy groups -OCH3 is 4. The maximum Gasteiger partial charge on any atom is 0.140 e. The first-order chi connectivity index (χ1) is 19.6. The van der Waals surface area contributed by atoms with Crippen LogP contribution in [0.15, 0.2) is 84.9 Å². The summed E-state index contributed by atoms with van der Waals surface area (Å²) >= 11 is 0. The normalized spacial score (nSPS) is 10.4. The second-order valence-electron chi connectivity index (χ2n) is 8.95. The molecule has 6 aromatic rings. The Hall–Kier alpha value is -5.46. The molecule has 0 bridgehead atoms. The predicted octanol–water partition coefficient (Wildman–Crippen LogP) is 7.76. The van der Waals surface area contributed by atoms with Crippen LogP contribution in [0.1, 0.15) is 11.1 Å². The van der Waals surface area contributed by atoms with Crippen molar-refractivity contribution in [2.45, 2.75) is 0 Å². The monoisotopic (exact) mass is 526 g/mol. The van der Waals surface area contributed by atoms with Crippen LogP contribution < -0.4 is 18.9 Å². The highest BCUT2D eigenvalue weighted by atomic mass is 16.5. The maximum absolute atomic E-state index is 9.50. The lowest BCUT2D eigenvalue weighted by molar-refractivity contribution is 0.397. The molecule has 0 fully saturated rings. The summed E-state index contributed by atoms with van der Waals surface area (Å²) in [6.07, 6.45) is 0. The third-order valence-electron chi connectivity index (χ3n) is 7.01. The Balaban J connectivity index is 0.000000161. The molecule has 6 aromatic carbocycles. The predicted molar refractivity (Wildman–Crippen MR) is 159 cm³/mol. The molecule has 0 heterocycles. The van der Waals surface area contributed by atoms with Gasteiger partial charge in [-0.25, -0.2) is 0 Å². The minimum atomic E-state index is 0.535. The molecule has 0 aliphatic carbocycles. The van der Waals surface area contributed by atoms with Gasteiger partial charge in [0.25, 0.3) is 0 Å². The molecule has 40 heavy (non-hydrogen) atoms. The summed E-state index contributed by atoms with van der Waals surface area (Å²) in [5, 5.41) is 26.8. The number of nitrogens with zero attached hydrogens (tertiary/aromatic N) is 2. The van der Waals surface area contributed by atoms with Gasteiger partial charge in [0.05, 0.1) is 28.4 Å². The Kier molecular flexibility index (Phi) is 7.27. The van der Waals surface area contributed by atoms with Crippen LogP contribution in [0.2, 0.25) is 0 Å². The Morgan fingerprint density at radius 3 is 1.18 bits per heavy atom. The van der Waals surface area contributed by atoms with Gasteiger partial charge in [0.2, 0.25) is 0 Å². The van der Waals surface area contributed by atoms with Crippen LogP contribution in [0.5, 0.6) is 23.0 Å². The largest absolute Gasteiger partial charge is 0.496 e. The average molecular weight is 527 g/mol. The van der Waals surface area contributed by atoms with Crippen LogP contribution in [-0.4, -0.2) is 28.4 Å². The van der Waals surface area contributed by atoms with Crippen molar-refractivity contribution in [3.05, 3.63) is 96.1 Å². The first-order valence-electron chi connectivity index (χ1n) is 12.5. The van der Waals surface area contributed by atoms with E-state index < -0.39 is 0 Å². The third kappa shape index (κ3) is 4.32. The molecule has 0 aliphatic heterocycles. The lowest BCUT2D eigenvalue weighted by atomic mass is 9.97. The molecule has 0 unspecified atom stereocenters. The lowest BCUT2D eigenvalue weighted by Crippen LogP contribution is -1.94. The van der Waals surface area contributed by atoms with Crippen LogP contribution in [0.3, 0.4) is 0 Å². The van der Waals surface area contributed by atoms with E-state index in [2.05, 4.69) is 12.1 Å². The van der Waals surface area contributed by atoms with E-state index in [-0.39, 0.29) is 0 Å². The molecular formula is C34H26N2O4. The number of fused-ring (bicyclic) bond motifs is 6. The molecule has 0 amide bonds. The van der Waals surface area contributed by atoms with E-state index in [1.165, 1.54) is 0 Å². The number of nitriles is 2. The Bertz CT molecular complexity index is 1840. The lowest BCUT2D eigenvalue weighted by Gasteiger charge is -2.13. The van der Waals surface area contributed by atoms with E-state index in [4.69, 9.17) is 18.9 Å². The van der Waals surface area contributed by atoms with E-state index in [1.807, 2.05) is 72.8 Å². The van der Waals surface area contributed by atoms with E-state index in [9.17, 15) is 10.5 Å². The molecule has 196 valence electrons. The summed E-state index contributed by atoms with van der Waals surface area (Å²) in [4.78, 5) is 0. The van der Waals surface area contributed by atoms with Crippen molar-refractivity contribution in [2.24, 2.45) is 0 Å². The smallest absolute Gasteiger partial charge is 0.140 e. The second kappa shape index (κ2) is 11.1. The molecule has 0 saturated heterocycles. The van der Waals surface area contributed by atoms with Crippen molar-refractivity contribution < 1.29 is 18.9 Å². The first kappa shape index (κ1) is 26.2. The number of rotatable bonds is 4. The minimum absolute atomic E-state index is 0.535. The Morgan fingerprint density at radius 1 is 0.450 bits per heavy atom. The Labute approximate surface area is 232 Å². The fourth-order valence-corrected chi connectivity index (χ4v) is 5.16. The van der Waals surface area contributed by atoms with Crippen LogP contribution in [-0.2, 0) is 0 Å². The zero-order valence-corrected chi connectivity index (χ0v) is 22.6. The Morgan fingerprint density at radius 2 is 0.825 bits per heavy atom. The fourth-order valence-electron chi connectivity index (χ4n) is 5.16. The highest BCUT2D eigenvalue weighted by molar-refractivity contribution is 6.14. The van der Waals surface area contributed by atoms with Crippen molar-refractivity contribution in [1.82, 2.24) is 0 Å². The summed E-state index contributed by atoms with van der Waals surface area (Å²) in [6, 6.07) is 32.0. The van der Waals surface area contributed by atoms with Crippen LogP contribution in [0.4, 0.5) is 0 Å². The number of hydrogen-bond acceptors (Lipinski definition) is 6. The summed E-state index contributed by atoms with van der Waals surface area (Å²) < 4.78 is 21.5. The molecule has 0 saturated carbocycles. The van der Waals surface area contributed by atoms with Crippen molar-refractivity contribution in [3.63, 3.8) is 0 Å². The molecule has 0 N–H and O–H groups in total. The summed E-state index contributed by atoms with van der Waals surface area (Å²) in [7, 11) is 6.37.